The van der Waals surface area contributed by atoms with Crippen LogP contribution < -0.4 is 0 Å². The number of aromatic nitrogens is 1. The summed E-state index contributed by atoms with van der Waals surface area (Å²) in [6.07, 6.45) is 4.42. The zero-order valence-electron chi connectivity index (χ0n) is 21.9. The number of halogens is 2. The lowest BCUT2D eigenvalue weighted by atomic mass is 9.96. The molecule has 1 amide bonds. The van der Waals surface area contributed by atoms with E-state index in [1.54, 1.807) is 0 Å². The van der Waals surface area contributed by atoms with E-state index in [-0.39, 0.29) is 46.8 Å². The lowest BCUT2D eigenvalue weighted by Crippen LogP contribution is -2.44. The van der Waals surface area contributed by atoms with Gasteiger partial charge in [0.2, 0.25) is 15.9 Å². The van der Waals surface area contributed by atoms with Crippen LogP contribution in [0.4, 0.5) is 8.78 Å². The molecule has 1 atom stereocenters. The normalized spacial score (nSPS) is 19.3. The summed E-state index contributed by atoms with van der Waals surface area (Å²) < 4.78 is 60.9. The first-order chi connectivity index (χ1) is 18.6. The van der Waals surface area contributed by atoms with Gasteiger partial charge in [0.1, 0.15) is 17.3 Å². The van der Waals surface area contributed by atoms with E-state index in [2.05, 4.69) is 36.3 Å². The summed E-state index contributed by atoms with van der Waals surface area (Å²) in [6, 6.07) is 11.6. The third kappa shape index (κ3) is 5.67. The predicted molar refractivity (Wildman–Crippen MR) is 143 cm³/mol. The average Bonchev–Trinajstić information content (AvgIpc) is 3.56. The topological polar surface area (TPSA) is 83.7 Å². The van der Waals surface area contributed by atoms with Gasteiger partial charge in [-0.05, 0) is 63.0 Å². The molecular weight excluding hydrogens is 524 g/mol. The SMILES string of the molecule is Cc1ccc(C2CCN(C(=O)C3CCN(S(=O)(=O)c4c(C)noc4/C=C/c4ccc(F)cc4F)CC3)C2)cc1. The number of hydrogen-bond donors (Lipinski definition) is 0. The van der Waals surface area contributed by atoms with Gasteiger partial charge in [-0.25, -0.2) is 17.2 Å². The van der Waals surface area contributed by atoms with E-state index < -0.39 is 21.7 Å². The number of hydrogen-bond acceptors (Lipinski definition) is 5. The van der Waals surface area contributed by atoms with Crippen molar-refractivity contribution in [1.82, 2.24) is 14.4 Å². The summed E-state index contributed by atoms with van der Waals surface area (Å²) in [6.45, 7) is 5.38. The molecule has 2 aliphatic rings. The van der Waals surface area contributed by atoms with Gasteiger partial charge < -0.3 is 9.42 Å². The zero-order chi connectivity index (χ0) is 27.7. The summed E-state index contributed by atoms with van der Waals surface area (Å²) in [5.41, 5.74) is 2.72. The maximum absolute atomic E-state index is 14.0. The molecule has 2 saturated heterocycles. The Morgan fingerprint density at radius 2 is 1.72 bits per heavy atom. The molecule has 3 aromatic rings. The Balaban J connectivity index is 1.23. The first-order valence-electron chi connectivity index (χ1n) is 13.1. The number of carbonyl (C=O) groups is 1. The number of sulfonamides is 1. The van der Waals surface area contributed by atoms with Gasteiger partial charge in [-0.3, -0.25) is 4.79 Å². The minimum atomic E-state index is -3.97. The predicted octanol–water partition coefficient (Wildman–Crippen LogP) is 5.16. The molecule has 0 radical (unpaired) electrons. The summed E-state index contributed by atoms with van der Waals surface area (Å²) in [5, 5.41) is 3.81. The Morgan fingerprint density at radius 3 is 2.41 bits per heavy atom. The fourth-order valence-corrected chi connectivity index (χ4v) is 7.12. The van der Waals surface area contributed by atoms with Crippen molar-refractivity contribution in [3.63, 3.8) is 0 Å². The molecule has 0 spiro atoms. The van der Waals surface area contributed by atoms with Crippen molar-refractivity contribution in [2.75, 3.05) is 26.2 Å². The lowest BCUT2D eigenvalue weighted by molar-refractivity contribution is -0.135. The molecule has 2 fully saturated rings. The number of rotatable bonds is 6. The highest BCUT2D eigenvalue weighted by Gasteiger charge is 2.38. The number of carbonyl (C=O) groups excluding carboxylic acids is 1. The van der Waals surface area contributed by atoms with Gasteiger partial charge in [0.25, 0.3) is 0 Å². The van der Waals surface area contributed by atoms with Crippen LogP contribution in [0.15, 0.2) is 51.9 Å². The molecule has 0 saturated carbocycles. The molecule has 0 bridgehead atoms. The molecule has 3 heterocycles. The van der Waals surface area contributed by atoms with Crippen LogP contribution in [0, 0.1) is 31.4 Å². The molecule has 206 valence electrons. The Bertz CT molecular complexity index is 1490. The number of aryl methyl sites for hydroxylation is 2. The second-order valence-electron chi connectivity index (χ2n) is 10.3. The van der Waals surface area contributed by atoms with Crippen LogP contribution in [-0.2, 0) is 14.8 Å². The van der Waals surface area contributed by atoms with E-state index in [4.69, 9.17) is 4.52 Å². The van der Waals surface area contributed by atoms with Crippen molar-refractivity contribution in [2.24, 2.45) is 5.92 Å². The van der Waals surface area contributed by atoms with E-state index in [1.165, 1.54) is 40.6 Å². The Kier molecular flexibility index (Phi) is 7.68. The van der Waals surface area contributed by atoms with Crippen LogP contribution in [-0.4, -0.2) is 54.9 Å². The third-order valence-electron chi connectivity index (χ3n) is 7.66. The maximum Gasteiger partial charge on any atom is 0.248 e. The molecule has 5 rings (SSSR count). The molecule has 2 aliphatic heterocycles. The van der Waals surface area contributed by atoms with E-state index in [9.17, 15) is 22.0 Å². The molecule has 39 heavy (non-hydrogen) atoms. The van der Waals surface area contributed by atoms with Crippen LogP contribution in [0.25, 0.3) is 12.2 Å². The molecule has 7 nitrogen and oxygen atoms in total. The van der Waals surface area contributed by atoms with Crippen molar-refractivity contribution in [3.8, 4) is 0 Å². The van der Waals surface area contributed by atoms with Crippen LogP contribution in [0.3, 0.4) is 0 Å². The van der Waals surface area contributed by atoms with Crippen LogP contribution >= 0.6 is 0 Å². The highest BCUT2D eigenvalue weighted by atomic mass is 32.2. The monoisotopic (exact) mass is 555 g/mol. The Hall–Kier alpha value is -3.37. The van der Waals surface area contributed by atoms with Gasteiger partial charge in [-0.1, -0.05) is 35.0 Å². The summed E-state index contributed by atoms with van der Waals surface area (Å²) in [5.74, 6) is -1.33. The average molecular weight is 556 g/mol. The Labute approximate surface area is 227 Å². The van der Waals surface area contributed by atoms with Gasteiger partial charge in [0.15, 0.2) is 10.7 Å². The van der Waals surface area contributed by atoms with E-state index >= 15 is 0 Å². The molecule has 0 N–H and O–H groups in total. The van der Waals surface area contributed by atoms with Gasteiger partial charge in [0.05, 0.1) is 0 Å². The van der Waals surface area contributed by atoms with Crippen molar-refractivity contribution in [3.05, 3.63) is 82.2 Å². The van der Waals surface area contributed by atoms with E-state index in [0.29, 0.717) is 31.8 Å². The van der Waals surface area contributed by atoms with Crippen molar-refractivity contribution < 1.29 is 26.5 Å². The summed E-state index contributed by atoms with van der Waals surface area (Å²) >= 11 is 0. The summed E-state index contributed by atoms with van der Waals surface area (Å²) in [7, 11) is -3.97. The number of amides is 1. The number of nitrogens with zero attached hydrogens (tertiary/aromatic N) is 3. The largest absolute Gasteiger partial charge is 0.355 e. The minimum Gasteiger partial charge on any atom is -0.355 e. The second kappa shape index (κ2) is 11.0. The quantitative estimate of drug-likeness (QED) is 0.420. The molecule has 0 aliphatic carbocycles. The van der Waals surface area contributed by atoms with Gasteiger partial charge in [0, 0.05) is 49.6 Å². The number of likely N-dealkylation sites (tertiary alicyclic amines) is 1. The highest BCUT2D eigenvalue weighted by molar-refractivity contribution is 7.89. The van der Waals surface area contributed by atoms with Crippen LogP contribution in [0.2, 0.25) is 0 Å². The maximum atomic E-state index is 14.0. The molecule has 10 heteroatoms. The lowest BCUT2D eigenvalue weighted by Gasteiger charge is -2.32. The molecule has 1 aromatic heterocycles. The highest BCUT2D eigenvalue weighted by Crippen LogP contribution is 2.32. The van der Waals surface area contributed by atoms with Gasteiger partial charge in [-0.15, -0.1) is 0 Å². The fraction of sp³-hybridized carbons (Fsp3) is 0.379. The third-order valence-corrected chi connectivity index (χ3v) is 9.72. The van der Waals surface area contributed by atoms with Crippen LogP contribution in [0.1, 0.15) is 53.3 Å². The van der Waals surface area contributed by atoms with Crippen LogP contribution in [0.5, 0.6) is 0 Å². The zero-order valence-corrected chi connectivity index (χ0v) is 22.8. The minimum absolute atomic E-state index is 0.0337. The first kappa shape index (κ1) is 27.2. The van der Waals surface area contributed by atoms with Gasteiger partial charge >= 0.3 is 0 Å². The first-order valence-corrected chi connectivity index (χ1v) is 14.5. The second-order valence-corrected chi connectivity index (χ2v) is 12.2. The Morgan fingerprint density at radius 1 is 1.00 bits per heavy atom. The number of benzene rings is 2. The molecule has 1 unspecified atom stereocenters. The van der Waals surface area contributed by atoms with Crippen molar-refractivity contribution in [1.29, 1.82) is 0 Å². The van der Waals surface area contributed by atoms with Gasteiger partial charge in [-0.2, -0.15) is 4.31 Å². The van der Waals surface area contributed by atoms with Crippen molar-refractivity contribution >= 4 is 28.1 Å². The fourth-order valence-electron chi connectivity index (χ4n) is 5.40. The molecular formula is C29H31F2N3O4S. The number of piperidine rings is 1. The smallest absolute Gasteiger partial charge is 0.248 e. The molecule has 2 aromatic carbocycles. The van der Waals surface area contributed by atoms with Crippen molar-refractivity contribution in [2.45, 2.75) is 43.9 Å². The standard InChI is InChI=1S/C29H31F2N3O4S/c1-19-3-5-21(6-4-19)24-11-14-33(18-24)29(35)23-12-15-34(16-13-23)39(36,37)28-20(2)32-38-27(28)10-8-22-7-9-25(30)17-26(22)31/h3-10,17,23-24H,11-16,18H2,1-2H3/b10-8+. The van der Waals surface area contributed by atoms with E-state index in [0.717, 1.165) is 18.6 Å². The summed E-state index contributed by atoms with van der Waals surface area (Å²) in [4.78, 5) is 15.1. The van der Waals surface area contributed by atoms with E-state index in [1.807, 2.05) is 4.90 Å².